The van der Waals surface area contributed by atoms with Crippen LogP contribution in [-0.4, -0.2) is 16.5 Å². The molecule has 2 aromatic heterocycles. The molecule has 0 aliphatic carbocycles. The van der Waals surface area contributed by atoms with Crippen molar-refractivity contribution in [3.63, 3.8) is 0 Å². The first-order valence-electron chi connectivity index (χ1n) is 7.58. The average molecular weight is 391 g/mol. The topological polar surface area (TPSA) is 34.0 Å². The Balaban J connectivity index is 2.08. The first-order chi connectivity index (χ1) is 11.0. The molecular weight excluding hydrogens is 372 g/mol. The Bertz CT molecular complexity index is 863. The summed E-state index contributed by atoms with van der Waals surface area (Å²) in [5.41, 5.74) is 4.22. The van der Waals surface area contributed by atoms with Crippen LogP contribution in [0.1, 0.15) is 35.5 Å². The van der Waals surface area contributed by atoms with Gasteiger partial charge in [-0.05, 0) is 48.3 Å². The molecule has 3 rings (SSSR count). The zero-order valence-corrected chi connectivity index (χ0v) is 15.8. The van der Waals surface area contributed by atoms with Crippen LogP contribution in [0.3, 0.4) is 0 Å². The van der Waals surface area contributed by atoms with E-state index >= 15 is 0 Å². The summed E-state index contributed by atoms with van der Waals surface area (Å²) in [5.74, 6) is -0.0250. The number of nitrogens with one attached hydrogen (secondary N) is 1. The van der Waals surface area contributed by atoms with E-state index in [1.165, 1.54) is 11.1 Å². The van der Waals surface area contributed by atoms with E-state index in [0.29, 0.717) is 12.2 Å². The summed E-state index contributed by atoms with van der Waals surface area (Å²) in [6.07, 6.45) is 0. The zero-order chi connectivity index (χ0) is 16.6. The molecule has 23 heavy (non-hydrogen) atoms. The van der Waals surface area contributed by atoms with Gasteiger partial charge in [-0.25, -0.2) is 0 Å². The number of amides is 1. The quantitative estimate of drug-likeness (QED) is 0.670. The molecule has 0 aliphatic heterocycles. The monoisotopic (exact) mass is 390 g/mol. The number of hydrogen-bond acceptors (Lipinski definition) is 2. The van der Waals surface area contributed by atoms with E-state index in [4.69, 9.17) is 0 Å². The highest BCUT2D eigenvalue weighted by Gasteiger charge is 2.19. The number of rotatable bonds is 4. The van der Waals surface area contributed by atoms with Gasteiger partial charge in [-0.2, -0.15) is 0 Å². The molecule has 0 saturated heterocycles. The molecule has 2 heterocycles. The molecule has 5 heteroatoms. The van der Waals surface area contributed by atoms with Crippen LogP contribution in [0.2, 0.25) is 0 Å². The number of carbonyl (C=O) groups excluding carboxylic acids is 1. The molecule has 1 amide bonds. The summed E-state index contributed by atoms with van der Waals surface area (Å²) in [6.45, 7) is 6.72. The molecule has 120 valence electrons. The van der Waals surface area contributed by atoms with Gasteiger partial charge >= 0.3 is 0 Å². The molecule has 3 aromatic rings. The Hall–Kier alpha value is -1.59. The molecule has 3 nitrogen and oxygen atoms in total. The second-order valence-electron chi connectivity index (χ2n) is 6.03. The van der Waals surface area contributed by atoms with Gasteiger partial charge in [0.05, 0.1) is 14.7 Å². The Morgan fingerprint density at radius 3 is 2.83 bits per heavy atom. The molecular formula is C18H19BrN2OS. The maximum absolute atomic E-state index is 12.6. The number of thiophene rings is 1. The molecule has 0 radical (unpaired) electrons. The summed E-state index contributed by atoms with van der Waals surface area (Å²) >= 11 is 5.27. The fourth-order valence-electron chi connectivity index (χ4n) is 2.71. The number of fused-ring (bicyclic) bond motifs is 1. The smallest absolute Gasteiger partial charge is 0.268 e. The van der Waals surface area contributed by atoms with Gasteiger partial charge < -0.3 is 9.88 Å². The van der Waals surface area contributed by atoms with Gasteiger partial charge in [0, 0.05) is 18.0 Å². The minimum atomic E-state index is -0.0250. The van der Waals surface area contributed by atoms with Crippen molar-refractivity contribution >= 4 is 43.4 Å². The fourth-order valence-corrected chi connectivity index (χ4v) is 4.41. The normalized spacial score (nSPS) is 11.3. The number of aromatic nitrogens is 1. The van der Waals surface area contributed by atoms with Gasteiger partial charge in [0.25, 0.3) is 5.91 Å². The summed E-state index contributed by atoms with van der Waals surface area (Å²) in [5, 5.41) is 5.07. The van der Waals surface area contributed by atoms with E-state index < -0.39 is 0 Å². The second-order valence-corrected chi connectivity index (χ2v) is 7.80. The van der Waals surface area contributed by atoms with Crippen molar-refractivity contribution < 1.29 is 4.79 Å². The molecule has 0 fully saturated rings. The number of benzene rings is 1. The third-order valence-electron chi connectivity index (χ3n) is 3.65. The van der Waals surface area contributed by atoms with E-state index in [9.17, 15) is 4.79 Å². The molecule has 0 spiro atoms. The minimum Gasteiger partial charge on any atom is -0.349 e. The lowest BCUT2D eigenvalue weighted by molar-refractivity contribution is 0.0934. The maximum atomic E-state index is 12.6. The van der Waals surface area contributed by atoms with Crippen molar-refractivity contribution in [2.75, 3.05) is 0 Å². The SMILES string of the molecule is Cc1cccc(Cn2c(C(=O)NC(C)C)cc3scc(Br)c32)c1. The molecule has 0 unspecified atom stereocenters. The van der Waals surface area contributed by atoms with E-state index in [1.54, 1.807) is 11.3 Å². The van der Waals surface area contributed by atoms with Gasteiger partial charge in [0.1, 0.15) is 5.69 Å². The van der Waals surface area contributed by atoms with Gasteiger partial charge in [0.15, 0.2) is 0 Å². The Labute approximate surface area is 148 Å². The van der Waals surface area contributed by atoms with E-state index in [0.717, 1.165) is 14.7 Å². The molecule has 0 atom stereocenters. The van der Waals surface area contributed by atoms with Crippen LogP contribution < -0.4 is 5.32 Å². The summed E-state index contributed by atoms with van der Waals surface area (Å²) < 4.78 is 4.26. The van der Waals surface area contributed by atoms with Crippen LogP contribution in [0.15, 0.2) is 40.2 Å². The minimum absolute atomic E-state index is 0.0250. The van der Waals surface area contributed by atoms with E-state index in [1.807, 2.05) is 19.9 Å². The molecule has 0 saturated carbocycles. The van der Waals surface area contributed by atoms with E-state index in [-0.39, 0.29) is 11.9 Å². The first-order valence-corrected chi connectivity index (χ1v) is 9.25. The van der Waals surface area contributed by atoms with Crippen molar-refractivity contribution in [2.45, 2.75) is 33.4 Å². The molecule has 0 aliphatic rings. The summed E-state index contributed by atoms with van der Waals surface area (Å²) in [6, 6.07) is 10.5. The molecule has 0 bridgehead atoms. The van der Waals surface area contributed by atoms with Crippen molar-refractivity contribution in [1.82, 2.24) is 9.88 Å². The lowest BCUT2D eigenvalue weighted by atomic mass is 10.1. The van der Waals surface area contributed by atoms with Crippen molar-refractivity contribution in [3.05, 3.63) is 57.0 Å². The van der Waals surface area contributed by atoms with Gasteiger partial charge in [-0.15, -0.1) is 11.3 Å². The number of aryl methyl sites for hydroxylation is 1. The highest BCUT2D eigenvalue weighted by molar-refractivity contribution is 9.10. The summed E-state index contributed by atoms with van der Waals surface area (Å²) in [7, 11) is 0. The lowest BCUT2D eigenvalue weighted by Crippen LogP contribution is -2.31. The third-order valence-corrected chi connectivity index (χ3v) is 5.48. The van der Waals surface area contributed by atoms with Crippen LogP contribution in [0.25, 0.3) is 10.2 Å². The van der Waals surface area contributed by atoms with Crippen LogP contribution in [0.5, 0.6) is 0 Å². The highest BCUT2D eigenvalue weighted by atomic mass is 79.9. The molecule has 1 N–H and O–H groups in total. The predicted octanol–water partition coefficient (Wildman–Crippen LogP) is 4.96. The average Bonchev–Trinajstić information content (AvgIpc) is 3.00. The lowest BCUT2D eigenvalue weighted by Gasteiger charge is -2.13. The first kappa shape index (κ1) is 16.3. The van der Waals surface area contributed by atoms with Gasteiger partial charge in [-0.1, -0.05) is 29.8 Å². The standard InChI is InChI=1S/C18H19BrN2OS/c1-11(2)20-18(22)15-8-16-17(14(19)10-23-16)21(15)9-13-6-4-5-12(3)7-13/h4-8,10-11H,9H2,1-3H3,(H,20,22). The molecule has 1 aromatic carbocycles. The Morgan fingerprint density at radius 1 is 1.35 bits per heavy atom. The summed E-state index contributed by atoms with van der Waals surface area (Å²) in [4.78, 5) is 12.6. The van der Waals surface area contributed by atoms with Crippen molar-refractivity contribution in [3.8, 4) is 0 Å². The Kier molecular flexibility index (Phi) is 4.60. The van der Waals surface area contributed by atoms with Crippen LogP contribution in [-0.2, 0) is 6.54 Å². The van der Waals surface area contributed by atoms with Gasteiger partial charge in [0.2, 0.25) is 0 Å². The number of hydrogen-bond donors (Lipinski definition) is 1. The van der Waals surface area contributed by atoms with Crippen molar-refractivity contribution in [2.24, 2.45) is 0 Å². The number of nitrogens with zero attached hydrogens (tertiary/aromatic N) is 1. The number of halogens is 1. The van der Waals surface area contributed by atoms with E-state index in [2.05, 4.69) is 62.4 Å². The van der Waals surface area contributed by atoms with Gasteiger partial charge in [-0.3, -0.25) is 4.79 Å². The van der Waals surface area contributed by atoms with Crippen LogP contribution >= 0.6 is 27.3 Å². The predicted molar refractivity (Wildman–Crippen MR) is 100 cm³/mol. The highest BCUT2D eigenvalue weighted by Crippen LogP contribution is 2.33. The van der Waals surface area contributed by atoms with Crippen molar-refractivity contribution in [1.29, 1.82) is 0 Å². The van der Waals surface area contributed by atoms with Crippen LogP contribution in [0.4, 0.5) is 0 Å². The number of carbonyl (C=O) groups is 1. The second kappa shape index (κ2) is 6.49. The fraction of sp³-hybridized carbons (Fsp3) is 0.278. The largest absolute Gasteiger partial charge is 0.349 e. The van der Waals surface area contributed by atoms with Crippen LogP contribution in [0, 0.1) is 6.92 Å². The Morgan fingerprint density at radius 2 is 2.13 bits per heavy atom. The third kappa shape index (κ3) is 3.35. The zero-order valence-electron chi connectivity index (χ0n) is 13.4. The maximum Gasteiger partial charge on any atom is 0.268 e.